The van der Waals surface area contributed by atoms with E-state index in [1.165, 1.54) is 32.7 Å². The Hall–Kier alpha value is -4.04. The van der Waals surface area contributed by atoms with Gasteiger partial charge >= 0.3 is 0 Å². The molecule has 0 aliphatic rings. The Bertz CT molecular complexity index is 1510. The molecule has 148 valence electrons. The third kappa shape index (κ3) is 3.04. The van der Waals surface area contributed by atoms with E-state index in [-0.39, 0.29) is 0 Å². The molecule has 2 heteroatoms. The van der Waals surface area contributed by atoms with Crippen LogP contribution in [0.5, 0.6) is 11.5 Å². The SMILES string of the molecule is Oc1ccc2cc3c(Cc4cccc5cc6cc(O)ccc6cc45)cccc3cc2c1. The lowest BCUT2D eigenvalue weighted by molar-refractivity contribution is 0.475. The lowest BCUT2D eigenvalue weighted by atomic mass is 9.92. The standard InChI is InChI=1S/C29H20O2/c30-26-9-7-18-16-28-20(3-1-5-22(28)12-24(18)14-26)11-21-4-2-6-23-13-25-15-27(31)10-8-19(25)17-29(21)23/h1-10,12-17,30-31H,11H2. The van der Waals surface area contributed by atoms with E-state index in [0.717, 1.165) is 28.0 Å². The van der Waals surface area contributed by atoms with E-state index in [4.69, 9.17) is 0 Å². The van der Waals surface area contributed by atoms with Crippen molar-refractivity contribution in [2.45, 2.75) is 6.42 Å². The van der Waals surface area contributed by atoms with E-state index in [9.17, 15) is 10.2 Å². The molecule has 0 aromatic heterocycles. The second kappa shape index (κ2) is 6.75. The number of benzene rings is 6. The number of phenolic OH excluding ortho intramolecular Hbond substituents is 2. The van der Waals surface area contributed by atoms with Crippen LogP contribution in [0.25, 0.3) is 43.1 Å². The molecule has 6 aromatic carbocycles. The summed E-state index contributed by atoms with van der Waals surface area (Å²) < 4.78 is 0. The first-order valence-corrected chi connectivity index (χ1v) is 10.4. The van der Waals surface area contributed by atoms with E-state index in [1.54, 1.807) is 12.1 Å². The minimum atomic E-state index is 0.291. The van der Waals surface area contributed by atoms with Gasteiger partial charge in [-0.2, -0.15) is 0 Å². The van der Waals surface area contributed by atoms with Crippen molar-refractivity contribution in [2.24, 2.45) is 0 Å². The highest BCUT2D eigenvalue weighted by Crippen LogP contribution is 2.32. The summed E-state index contributed by atoms with van der Waals surface area (Å²) in [6.07, 6.45) is 0.835. The van der Waals surface area contributed by atoms with Crippen LogP contribution in [0.1, 0.15) is 11.1 Å². The van der Waals surface area contributed by atoms with E-state index >= 15 is 0 Å². The normalized spacial score (nSPS) is 11.6. The first kappa shape index (κ1) is 17.8. The fraction of sp³-hybridized carbons (Fsp3) is 0.0345. The zero-order valence-electron chi connectivity index (χ0n) is 16.8. The molecular formula is C29H20O2. The second-order valence-electron chi connectivity index (χ2n) is 8.22. The summed E-state index contributed by atoms with van der Waals surface area (Å²) in [6, 6.07) is 32.7. The summed E-state index contributed by atoms with van der Waals surface area (Å²) in [4.78, 5) is 0. The highest BCUT2D eigenvalue weighted by molar-refractivity contribution is 6.02. The lowest BCUT2D eigenvalue weighted by Gasteiger charge is -2.12. The molecule has 31 heavy (non-hydrogen) atoms. The van der Waals surface area contributed by atoms with E-state index < -0.39 is 0 Å². The van der Waals surface area contributed by atoms with Crippen molar-refractivity contribution in [3.8, 4) is 11.5 Å². The topological polar surface area (TPSA) is 40.5 Å². The maximum absolute atomic E-state index is 9.83. The van der Waals surface area contributed by atoms with Gasteiger partial charge in [0, 0.05) is 0 Å². The summed E-state index contributed by atoms with van der Waals surface area (Å²) in [5.74, 6) is 0.582. The van der Waals surface area contributed by atoms with Crippen LogP contribution in [0.15, 0.2) is 97.1 Å². The Morgan fingerprint density at radius 3 is 1.39 bits per heavy atom. The van der Waals surface area contributed by atoms with Crippen molar-refractivity contribution >= 4 is 43.1 Å². The predicted octanol–water partition coefficient (Wildman–Crippen LogP) is 7.30. The Labute approximate surface area is 179 Å². The molecule has 0 aliphatic carbocycles. The van der Waals surface area contributed by atoms with Gasteiger partial charge in [-0.05, 0) is 109 Å². The van der Waals surface area contributed by atoms with Gasteiger partial charge in [0.05, 0.1) is 0 Å². The Morgan fingerprint density at radius 1 is 0.419 bits per heavy atom. The Kier molecular flexibility index (Phi) is 3.87. The fourth-order valence-corrected chi connectivity index (χ4v) is 4.67. The summed E-state index contributed by atoms with van der Waals surface area (Å²) in [5, 5.41) is 28.8. The zero-order chi connectivity index (χ0) is 20.9. The van der Waals surface area contributed by atoms with Crippen molar-refractivity contribution in [3.05, 3.63) is 108 Å². The molecule has 6 aromatic rings. The fourth-order valence-electron chi connectivity index (χ4n) is 4.67. The molecular weight excluding hydrogens is 380 g/mol. The molecule has 0 spiro atoms. The van der Waals surface area contributed by atoms with Crippen molar-refractivity contribution < 1.29 is 10.2 Å². The number of hydrogen-bond donors (Lipinski definition) is 2. The van der Waals surface area contributed by atoms with E-state index in [2.05, 4.69) is 60.7 Å². The van der Waals surface area contributed by atoms with Gasteiger partial charge in [0.15, 0.2) is 0 Å². The van der Waals surface area contributed by atoms with Gasteiger partial charge in [-0.1, -0.05) is 48.5 Å². The number of hydrogen-bond acceptors (Lipinski definition) is 2. The van der Waals surface area contributed by atoms with Crippen LogP contribution in [0.4, 0.5) is 0 Å². The van der Waals surface area contributed by atoms with E-state index in [1.807, 2.05) is 24.3 Å². The van der Waals surface area contributed by atoms with Gasteiger partial charge < -0.3 is 10.2 Å². The minimum absolute atomic E-state index is 0.291. The van der Waals surface area contributed by atoms with Crippen LogP contribution in [0, 0.1) is 0 Å². The Balaban J connectivity index is 1.53. The maximum Gasteiger partial charge on any atom is 0.116 e. The molecule has 0 bridgehead atoms. The molecule has 0 atom stereocenters. The van der Waals surface area contributed by atoms with E-state index in [0.29, 0.717) is 11.5 Å². The largest absolute Gasteiger partial charge is 0.508 e. The van der Waals surface area contributed by atoms with Gasteiger partial charge in [-0.3, -0.25) is 0 Å². The molecule has 2 nitrogen and oxygen atoms in total. The molecule has 0 fully saturated rings. The molecule has 0 amide bonds. The molecule has 6 rings (SSSR count). The summed E-state index contributed by atoms with van der Waals surface area (Å²) >= 11 is 0. The van der Waals surface area contributed by atoms with Crippen LogP contribution in [0.3, 0.4) is 0 Å². The number of phenols is 2. The molecule has 2 N–H and O–H groups in total. The minimum Gasteiger partial charge on any atom is -0.508 e. The van der Waals surface area contributed by atoms with Crippen LogP contribution in [-0.4, -0.2) is 10.2 Å². The molecule has 0 unspecified atom stereocenters. The van der Waals surface area contributed by atoms with Gasteiger partial charge in [0.1, 0.15) is 11.5 Å². The number of fused-ring (bicyclic) bond motifs is 4. The van der Waals surface area contributed by atoms with Gasteiger partial charge in [-0.15, -0.1) is 0 Å². The van der Waals surface area contributed by atoms with Crippen LogP contribution < -0.4 is 0 Å². The first-order valence-electron chi connectivity index (χ1n) is 10.4. The van der Waals surface area contributed by atoms with Gasteiger partial charge in [0.2, 0.25) is 0 Å². The predicted molar refractivity (Wildman–Crippen MR) is 129 cm³/mol. The molecule has 0 heterocycles. The number of aromatic hydroxyl groups is 2. The molecule has 0 saturated heterocycles. The van der Waals surface area contributed by atoms with Gasteiger partial charge in [-0.25, -0.2) is 0 Å². The average Bonchev–Trinajstić information content (AvgIpc) is 2.77. The van der Waals surface area contributed by atoms with Crippen molar-refractivity contribution in [1.82, 2.24) is 0 Å². The van der Waals surface area contributed by atoms with Gasteiger partial charge in [0.25, 0.3) is 0 Å². The third-order valence-corrected chi connectivity index (χ3v) is 6.20. The maximum atomic E-state index is 9.83. The summed E-state index contributed by atoms with van der Waals surface area (Å²) in [7, 11) is 0. The smallest absolute Gasteiger partial charge is 0.116 e. The average molecular weight is 400 g/mol. The van der Waals surface area contributed by atoms with Crippen LogP contribution >= 0.6 is 0 Å². The van der Waals surface area contributed by atoms with Crippen molar-refractivity contribution in [3.63, 3.8) is 0 Å². The summed E-state index contributed by atoms with van der Waals surface area (Å²) in [6.45, 7) is 0. The second-order valence-corrected chi connectivity index (χ2v) is 8.22. The Morgan fingerprint density at radius 2 is 0.903 bits per heavy atom. The van der Waals surface area contributed by atoms with Crippen LogP contribution in [0.2, 0.25) is 0 Å². The lowest BCUT2D eigenvalue weighted by Crippen LogP contribution is -1.92. The molecule has 0 aliphatic heterocycles. The van der Waals surface area contributed by atoms with Crippen molar-refractivity contribution in [2.75, 3.05) is 0 Å². The summed E-state index contributed by atoms with van der Waals surface area (Å²) in [5.41, 5.74) is 2.57. The zero-order valence-corrected chi connectivity index (χ0v) is 16.8. The number of rotatable bonds is 2. The third-order valence-electron chi connectivity index (χ3n) is 6.20. The first-order chi connectivity index (χ1) is 15.1. The highest BCUT2D eigenvalue weighted by Gasteiger charge is 2.09. The highest BCUT2D eigenvalue weighted by atomic mass is 16.3. The molecule has 0 radical (unpaired) electrons. The van der Waals surface area contributed by atoms with Crippen molar-refractivity contribution in [1.29, 1.82) is 0 Å². The quantitative estimate of drug-likeness (QED) is 0.299. The monoisotopic (exact) mass is 400 g/mol. The molecule has 0 saturated carbocycles. The van der Waals surface area contributed by atoms with Crippen LogP contribution in [-0.2, 0) is 6.42 Å².